The zero-order valence-corrected chi connectivity index (χ0v) is 14.5. The predicted octanol–water partition coefficient (Wildman–Crippen LogP) is 4.35. The number of fused-ring (bicyclic) bond motifs is 1. The third-order valence-corrected chi connectivity index (χ3v) is 4.35. The van der Waals surface area contributed by atoms with Crippen LogP contribution in [0.1, 0.15) is 15.9 Å². The van der Waals surface area contributed by atoms with Crippen LogP contribution in [-0.2, 0) is 6.42 Å². The van der Waals surface area contributed by atoms with E-state index < -0.39 is 0 Å². The van der Waals surface area contributed by atoms with E-state index in [0.29, 0.717) is 18.5 Å². The van der Waals surface area contributed by atoms with Crippen LogP contribution in [0.25, 0.3) is 0 Å². The second kappa shape index (κ2) is 7.50. The SMILES string of the molecule is O=C(NC[C@H]1Cc2cc(Oc3ccccc3)ccc2O1)c1ccc(F)cc1. The molecular formula is C22H18FNO3. The summed E-state index contributed by atoms with van der Waals surface area (Å²) in [5, 5.41) is 2.83. The third-order valence-electron chi connectivity index (χ3n) is 4.35. The molecule has 0 saturated carbocycles. The van der Waals surface area contributed by atoms with Gasteiger partial charge in [-0.25, -0.2) is 4.39 Å². The normalized spacial score (nSPS) is 14.9. The predicted molar refractivity (Wildman–Crippen MR) is 99.8 cm³/mol. The largest absolute Gasteiger partial charge is 0.488 e. The standard InChI is InChI=1S/C22H18FNO3/c23-17-8-6-15(7-9-17)22(25)24-14-20-13-16-12-19(10-11-21(16)27-20)26-18-4-2-1-3-5-18/h1-12,20H,13-14H2,(H,24,25)/t20-/m1/s1. The lowest BCUT2D eigenvalue weighted by Crippen LogP contribution is -2.34. The molecule has 0 fully saturated rings. The van der Waals surface area contributed by atoms with E-state index in [0.717, 1.165) is 22.8 Å². The maximum Gasteiger partial charge on any atom is 0.251 e. The fourth-order valence-corrected chi connectivity index (χ4v) is 3.01. The lowest BCUT2D eigenvalue weighted by Gasteiger charge is -2.12. The van der Waals surface area contributed by atoms with Crippen molar-refractivity contribution >= 4 is 5.91 Å². The molecule has 0 bridgehead atoms. The van der Waals surface area contributed by atoms with Crippen LogP contribution in [0.5, 0.6) is 17.2 Å². The van der Waals surface area contributed by atoms with Gasteiger partial charge in [-0.3, -0.25) is 4.79 Å². The first-order chi connectivity index (χ1) is 13.2. The molecule has 4 nitrogen and oxygen atoms in total. The van der Waals surface area contributed by atoms with Gasteiger partial charge in [0.05, 0.1) is 6.54 Å². The van der Waals surface area contributed by atoms with E-state index in [9.17, 15) is 9.18 Å². The molecule has 1 N–H and O–H groups in total. The van der Waals surface area contributed by atoms with Gasteiger partial charge in [0.15, 0.2) is 0 Å². The Balaban J connectivity index is 1.35. The molecule has 136 valence electrons. The summed E-state index contributed by atoms with van der Waals surface area (Å²) in [4.78, 5) is 12.1. The van der Waals surface area contributed by atoms with Crippen LogP contribution in [-0.4, -0.2) is 18.6 Å². The quantitative estimate of drug-likeness (QED) is 0.733. The van der Waals surface area contributed by atoms with Crippen molar-refractivity contribution in [3.8, 4) is 17.2 Å². The molecule has 5 heteroatoms. The van der Waals surface area contributed by atoms with Gasteiger partial charge in [-0.2, -0.15) is 0 Å². The number of ether oxygens (including phenoxy) is 2. The summed E-state index contributed by atoms with van der Waals surface area (Å²) in [6.45, 7) is 0.375. The third kappa shape index (κ3) is 4.08. The van der Waals surface area contributed by atoms with Gasteiger partial charge in [-0.05, 0) is 54.6 Å². The summed E-state index contributed by atoms with van der Waals surface area (Å²) in [6, 6.07) is 20.8. The Morgan fingerprint density at radius 1 is 1.04 bits per heavy atom. The summed E-state index contributed by atoms with van der Waals surface area (Å²) >= 11 is 0. The number of hydrogen-bond acceptors (Lipinski definition) is 3. The van der Waals surface area contributed by atoms with Crippen LogP contribution < -0.4 is 14.8 Å². The number of halogens is 1. The molecule has 3 aromatic rings. The molecule has 0 saturated heterocycles. The lowest BCUT2D eigenvalue weighted by molar-refractivity contribution is 0.0933. The number of benzene rings is 3. The minimum atomic E-state index is -0.366. The smallest absolute Gasteiger partial charge is 0.251 e. The van der Waals surface area contributed by atoms with Crippen molar-refractivity contribution in [3.05, 3.63) is 89.7 Å². The van der Waals surface area contributed by atoms with Crippen molar-refractivity contribution in [1.82, 2.24) is 5.32 Å². The van der Waals surface area contributed by atoms with E-state index in [1.165, 1.54) is 24.3 Å². The van der Waals surface area contributed by atoms with Crippen molar-refractivity contribution in [2.24, 2.45) is 0 Å². The summed E-state index contributed by atoms with van der Waals surface area (Å²) in [5.41, 5.74) is 1.47. The highest BCUT2D eigenvalue weighted by Gasteiger charge is 2.24. The van der Waals surface area contributed by atoms with Crippen molar-refractivity contribution in [1.29, 1.82) is 0 Å². The maximum atomic E-state index is 12.9. The molecule has 0 aliphatic carbocycles. The Labute approximate surface area is 156 Å². The first-order valence-corrected chi connectivity index (χ1v) is 8.73. The van der Waals surface area contributed by atoms with E-state index in [2.05, 4.69) is 5.32 Å². The Morgan fingerprint density at radius 2 is 1.81 bits per heavy atom. The zero-order valence-electron chi connectivity index (χ0n) is 14.5. The molecule has 1 aliphatic rings. The molecule has 1 heterocycles. The van der Waals surface area contributed by atoms with Gasteiger partial charge < -0.3 is 14.8 Å². The molecule has 1 atom stereocenters. The van der Waals surface area contributed by atoms with Crippen molar-refractivity contribution in [2.45, 2.75) is 12.5 Å². The van der Waals surface area contributed by atoms with E-state index in [1.807, 2.05) is 48.5 Å². The number of amides is 1. The first-order valence-electron chi connectivity index (χ1n) is 8.73. The van der Waals surface area contributed by atoms with Crippen LogP contribution in [0.2, 0.25) is 0 Å². The molecule has 1 amide bonds. The molecule has 0 spiro atoms. The van der Waals surface area contributed by atoms with Crippen molar-refractivity contribution < 1.29 is 18.7 Å². The van der Waals surface area contributed by atoms with Crippen LogP contribution in [0.4, 0.5) is 4.39 Å². The second-order valence-corrected chi connectivity index (χ2v) is 6.35. The minimum Gasteiger partial charge on any atom is -0.488 e. The van der Waals surface area contributed by atoms with Gasteiger partial charge in [0.2, 0.25) is 0 Å². The number of carbonyl (C=O) groups excluding carboxylic acids is 1. The number of para-hydroxylation sites is 1. The van der Waals surface area contributed by atoms with Gasteiger partial charge in [0, 0.05) is 17.5 Å². The van der Waals surface area contributed by atoms with Gasteiger partial charge in [0.25, 0.3) is 5.91 Å². The average molecular weight is 363 g/mol. The van der Waals surface area contributed by atoms with Crippen LogP contribution in [0.15, 0.2) is 72.8 Å². The topological polar surface area (TPSA) is 47.6 Å². The van der Waals surface area contributed by atoms with Crippen molar-refractivity contribution in [3.63, 3.8) is 0 Å². The molecule has 4 rings (SSSR count). The van der Waals surface area contributed by atoms with Gasteiger partial charge in [0.1, 0.15) is 29.2 Å². The number of hydrogen-bond donors (Lipinski definition) is 1. The molecule has 0 aromatic heterocycles. The molecule has 0 radical (unpaired) electrons. The summed E-state index contributed by atoms with van der Waals surface area (Å²) in [6.07, 6.45) is 0.543. The maximum absolute atomic E-state index is 12.9. The zero-order chi connectivity index (χ0) is 18.6. The fourth-order valence-electron chi connectivity index (χ4n) is 3.01. The van der Waals surface area contributed by atoms with Crippen molar-refractivity contribution in [2.75, 3.05) is 6.54 Å². The Kier molecular flexibility index (Phi) is 4.75. The van der Waals surface area contributed by atoms with Crippen LogP contribution in [0.3, 0.4) is 0 Å². The average Bonchev–Trinajstić information content (AvgIpc) is 3.10. The fraction of sp³-hybridized carbons (Fsp3) is 0.136. The van der Waals surface area contributed by atoms with Crippen LogP contribution >= 0.6 is 0 Å². The molecular weight excluding hydrogens is 345 g/mol. The first kappa shape index (κ1) is 17.1. The molecule has 0 unspecified atom stereocenters. The van der Waals surface area contributed by atoms with E-state index in [-0.39, 0.29) is 17.8 Å². The highest BCUT2D eigenvalue weighted by atomic mass is 19.1. The highest BCUT2D eigenvalue weighted by Crippen LogP contribution is 2.33. The molecule has 3 aromatic carbocycles. The summed E-state index contributed by atoms with van der Waals surface area (Å²) < 4.78 is 24.7. The summed E-state index contributed by atoms with van der Waals surface area (Å²) in [5.74, 6) is 1.72. The van der Waals surface area contributed by atoms with Gasteiger partial charge >= 0.3 is 0 Å². The van der Waals surface area contributed by atoms with E-state index in [4.69, 9.17) is 9.47 Å². The number of nitrogens with one attached hydrogen (secondary N) is 1. The van der Waals surface area contributed by atoms with E-state index >= 15 is 0 Å². The Hall–Kier alpha value is -3.34. The molecule has 1 aliphatic heterocycles. The Morgan fingerprint density at radius 3 is 2.59 bits per heavy atom. The monoisotopic (exact) mass is 363 g/mol. The Bertz CT molecular complexity index is 942. The van der Waals surface area contributed by atoms with E-state index in [1.54, 1.807) is 0 Å². The second-order valence-electron chi connectivity index (χ2n) is 6.35. The van der Waals surface area contributed by atoms with Gasteiger partial charge in [-0.1, -0.05) is 18.2 Å². The summed E-state index contributed by atoms with van der Waals surface area (Å²) in [7, 11) is 0. The highest BCUT2D eigenvalue weighted by molar-refractivity contribution is 5.94. The van der Waals surface area contributed by atoms with Gasteiger partial charge in [-0.15, -0.1) is 0 Å². The lowest BCUT2D eigenvalue weighted by atomic mass is 10.1. The van der Waals surface area contributed by atoms with Crippen LogP contribution in [0, 0.1) is 5.82 Å². The molecule has 27 heavy (non-hydrogen) atoms. The number of rotatable bonds is 5. The number of carbonyl (C=O) groups is 1. The minimum absolute atomic E-state index is 0.142.